The van der Waals surface area contributed by atoms with Crippen molar-refractivity contribution in [3.63, 3.8) is 0 Å². The second-order valence-corrected chi connectivity index (χ2v) is 6.51. The number of amides is 2. The summed E-state index contributed by atoms with van der Waals surface area (Å²) >= 11 is 0. The average Bonchev–Trinajstić information content (AvgIpc) is 2.57. The van der Waals surface area contributed by atoms with Gasteiger partial charge in [0.2, 0.25) is 0 Å². The van der Waals surface area contributed by atoms with E-state index in [1.807, 2.05) is 62.4 Å². The molecule has 2 aromatic carbocycles. The number of nitrogens with zero attached hydrogens (tertiary/aromatic N) is 1. The van der Waals surface area contributed by atoms with Crippen LogP contribution < -0.4 is 20.6 Å². The highest BCUT2D eigenvalue weighted by Gasteiger charge is 2.31. The fourth-order valence-electron chi connectivity index (χ4n) is 2.71. The summed E-state index contributed by atoms with van der Waals surface area (Å²) in [5.74, 6) is 1.38. The predicted molar refractivity (Wildman–Crippen MR) is 95.8 cm³/mol. The summed E-state index contributed by atoms with van der Waals surface area (Å²) in [4.78, 5) is 10.9. The fourth-order valence-corrected chi connectivity index (χ4v) is 2.71. The summed E-state index contributed by atoms with van der Waals surface area (Å²) in [6.45, 7) is 4.41. The summed E-state index contributed by atoms with van der Waals surface area (Å²) in [7, 11) is 0. The van der Waals surface area contributed by atoms with Crippen molar-refractivity contribution in [2.45, 2.75) is 32.5 Å². The first-order valence-corrected chi connectivity index (χ1v) is 8.05. The van der Waals surface area contributed by atoms with Gasteiger partial charge in [-0.05, 0) is 31.5 Å². The van der Waals surface area contributed by atoms with Gasteiger partial charge >= 0.3 is 6.03 Å². The van der Waals surface area contributed by atoms with Crippen molar-refractivity contribution in [2.24, 2.45) is 10.8 Å². The van der Waals surface area contributed by atoms with Crippen LogP contribution in [-0.4, -0.2) is 17.3 Å². The Kier molecular flexibility index (Phi) is 4.61. The number of carbonyl (C=O) groups excluding carboxylic acids is 1. The Bertz CT molecular complexity index is 801. The molecule has 1 aliphatic rings. The van der Waals surface area contributed by atoms with Gasteiger partial charge in [-0.15, -0.1) is 0 Å². The van der Waals surface area contributed by atoms with Crippen LogP contribution in [0.2, 0.25) is 0 Å². The molecule has 0 atom stereocenters. The van der Waals surface area contributed by atoms with E-state index < -0.39 is 11.6 Å². The molecular formula is C19H21N3O3. The van der Waals surface area contributed by atoms with Crippen LogP contribution in [0.4, 0.5) is 4.79 Å². The fraction of sp³-hybridized carbons (Fsp3) is 0.263. The third kappa shape index (κ3) is 4.29. The number of urea groups is 1. The Morgan fingerprint density at radius 3 is 2.76 bits per heavy atom. The van der Waals surface area contributed by atoms with Gasteiger partial charge in [0, 0.05) is 18.1 Å². The van der Waals surface area contributed by atoms with Gasteiger partial charge in [0.15, 0.2) is 0 Å². The van der Waals surface area contributed by atoms with Crippen LogP contribution >= 0.6 is 0 Å². The molecule has 1 aliphatic heterocycles. The molecule has 130 valence electrons. The third-order valence-corrected chi connectivity index (χ3v) is 3.79. The van der Waals surface area contributed by atoms with Gasteiger partial charge in [-0.25, -0.2) is 10.2 Å². The summed E-state index contributed by atoms with van der Waals surface area (Å²) < 4.78 is 11.9. The lowest BCUT2D eigenvalue weighted by Crippen LogP contribution is -2.37. The molecule has 2 aromatic rings. The minimum absolute atomic E-state index is 0.441. The Balaban J connectivity index is 1.82. The van der Waals surface area contributed by atoms with Crippen LogP contribution in [0.1, 0.15) is 31.4 Å². The van der Waals surface area contributed by atoms with Crippen molar-refractivity contribution in [1.29, 1.82) is 0 Å². The molecule has 1 heterocycles. The summed E-state index contributed by atoms with van der Waals surface area (Å²) in [6, 6.07) is 14.9. The van der Waals surface area contributed by atoms with E-state index in [1.165, 1.54) is 0 Å². The van der Waals surface area contributed by atoms with Crippen LogP contribution in [0, 0.1) is 0 Å². The zero-order valence-electron chi connectivity index (χ0n) is 14.3. The van der Waals surface area contributed by atoms with E-state index in [2.05, 4.69) is 10.5 Å². The van der Waals surface area contributed by atoms with Crippen molar-refractivity contribution in [3.8, 4) is 11.5 Å². The Morgan fingerprint density at radius 2 is 2.04 bits per heavy atom. The lowest BCUT2D eigenvalue weighted by molar-refractivity contribution is 0.110. The van der Waals surface area contributed by atoms with E-state index in [1.54, 1.807) is 0 Å². The number of benzene rings is 2. The first-order chi connectivity index (χ1) is 11.9. The highest BCUT2D eigenvalue weighted by atomic mass is 16.5. The Morgan fingerprint density at radius 1 is 1.28 bits per heavy atom. The van der Waals surface area contributed by atoms with E-state index in [4.69, 9.17) is 15.2 Å². The van der Waals surface area contributed by atoms with Crippen LogP contribution in [-0.2, 0) is 6.61 Å². The minimum Gasteiger partial charge on any atom is -0.489 e. The topological polar surface area (TPSA) is 85.9 Å². The number of rotatable bonds is 4. The molecule has 3 rings (SSSR count). The van der Waals surface area contributed by atoms with Gasteiger partial charge in [-0.1, -0.05) is 30.3 Å². The summed E-state index contributed by atoms with van der Waals surface area (Å²) in [5.41, 5.74) is 9.60. The Labute approximate surface area is 146 Å². The first kappa shape index (κ1) is 16.8. The maximum absolute atomic E-state index is 10.9. The largest absolute Gasteiger partial charge is 0.489 e. The highest BCUT2D eigenvalue weighted by molar-refractivity contribution is 6.04. The van der Waals surface area contributed by atoms with Crippen molar-refractivity contribution < 1.29 is 14.3 Å². The van der Waals surface area contributed by atoms with Gasteiger partial charge in [-0.3, -0.25) is 0 Å². The quantitative estimate of drug-likeness (QED) is 0.839. The van der Waals surface area contributed by atoms with Crippen molar-refractivity contribution in [3.05, 3.63) is 59.7 Å². The molecule has 25 heavy (non-hydrogen) atoms. The van der Waals surface area contributed by atoms with Gasteiger partial charge in [0.1, 0.15) is 23.7 Å². The number of primary amides is 1. The summed E-state index contributed by atoms with van der Waals surface area (Å²) in [6.07, 6.45) is 0.560. The van der Waals surface area contributed by atoms with Crippen molar-refractivity contribution in [2.75, 3.05) is 0 Å². The van der Waals surface area contributed by atoms with Crippen LogP contribution in [0.5, 0.6) is 11.5 Å². The first-order valence-electron chi connectivity index (χ1n) is 8.05. The van der Waals surface area contributed by atoms with Gasteiger partial charge < -0.3 is 15.2 Å². The lowest BCUT2D eigenvalue weighted by atomic mass is 9.92. The van der Waals surface area contributed by atoms with E-state index in [-0.39, 0.29) is 0 Å². The van der Waals surface area contributed by atoms with Crippen LogP contribution in [0.15, 0.2) is 53.6 Å². The zero-order chi connectivity index (χ0) is 17.9. The number of fused-ring (bicyclic) bond motifs is 1. The van der Waals surface area contributed by atoms with Crippen LogP contribution in [0.3, 0.4) is 0 Å². The van der Waals surface area contributed by atoms with E-state index in [9.17, 15) is 4.79 Å². The highest BCUT2D eigenvalue weighted by Crippen LogP contribution is 2.36. The molecule has 6 nitrogen and oxygen atoms in total. The molecule has 0 aliphatic carbocycles. The van der Waals surface area contributed by atoms with E-state index in [0.29, 0.717) is 24.5 Å². The standard InChI is InChI=1S/C19H21N3O3/c1-19(2)11-16(21-22-18(20)23)15-9-8-14(10-17(15)25-19)24-12-13-6-4-3-5-7-13/h3-10H,11-12H2,1-2H3,(H3,20,22,23). The number of nitrogens with two attached hydrogens (primary N) is 1. The number of hydrazone groups is 1. The number of nitrogens with one attached hydrogen (secondary N) is 1. The molecule has 0 saturated heterocycles. The molecule has 0 spiro atoms. The van der Waals surface area contributed by atoms with Crippen molar-refractivity contribution >= 4 is 11.7 Å². The normalized spacial score (nSPS) is 16.6. The van der Waals surface area contributed by atoms with E-state index in [0.717, 1.165) is 16.8 Å². The number of ether oxygens (including phenoxy) is 2. The molecule has 2 amide bonds. The minimum atomic E-state index is -0.693. The smallest absolute Gasteiger partial charge is 0.332 e. The van der Waals surface area contributed by atoms with E-state index >= 15 is 0 Å². The number of hydrogen-bond acceptors (Lipinski definition) is 4. The molecule has 6 heteroatoms. The zero-order valence-corrected chi connectivity index (χ0v) is 14.3. The summed E-state index contributed by atoms with van der Waals surface area (Å²) in [5, 5.41) is 4.11. The molecule has 0 radical (unpaired) electrons. The Hall–Kier alpha value is -3.02. The van der Waals surface area contributed by atoms with Crippen molar-refractivity contribution in [1.82, 2.24) is 5.43 Å². The monoisotopic (exact) mass is 339 g/mol. The maximum atomic E-state index is 10.9. The SMILES string of the molecule is CC1(C)CC(=NNC(N)=O)c2ccc(OCc3ccccc3)cc2O1. The van der Waals surface area contributed by atoms with Gasteiger partial charge in [-0.2, -0.15) is 5.10 Å². The molecule has 0 fully saturated rings. The van der Waals surface area contributed by atoms with Gasteiger partial charge in [0.05, 0.1) is 5.71 Å². The molecule has 3 N–H and O–H groups in total. The third-order valence-electron chi connectivity index (χ3n) is 3.79. The average molecular weight is 339 g/mol. The second-order valence-electron chi connectivity index (χ2n) is 6.51. The number of carbonyl (C=O) groups is 1. The molecular weight excluding hydrogens is 318 g/mol. The predicted octanol–water partition coefficient (Wildman–Crippen LogP) is 3.20. The molecule has 0 saturated carbocycles. The molecule has 0 aromatic heterocycles. The molecule has 0 bridgehead atoms. The van der Waals surface area contributed by atoms with Gasteiger partial charge in [0.25, 0.3) is 0 Å². The maximum Gasteiger partial charge on any atom is 0.332 e. The number of hydrogen-bond donors (Lipinski definition) is 2. The molecule has 0 unspecified atom stereocenters. The van der Waals surface area contributed by atoms with Crippen LogP contribution in [0.25, 0.3) is 0 Å². The lowest BCUT2D eigenvalue weighted by Gasteiger charge is -2.33. The second kappa shape index (κ2) is 6.84.